The van der Waals surface area contributed by atoms with E-state index in [9.17, 15) is 9.90 Å². The SMILES string of the molecule is Cc1ccc(O)c(C=NNC(=O)c2ccc(C)nc2)c1. The molecule has 1 heterocycles. The molecule has 5 nitrogen and oxygen atoms in total. The third-order valence-corrected chi connectivity index (χ3v) is 2.73. The fourth-order valence-corrected chi connectivity index (χ4v) is 1.60. The van der Waals surface area contributed by atoms with Crippen LogP contribution in [0.4, 0.5) is 0 Å². The van der Waals surface area contributed by atoms with Crippen LogP contribution < -0.4 is 5.43 Å². The molecule has 102 valence electrons. The zero-order valence-electron chi connectivity index (χ0n) is 11.3. The largest absolute Gasteiger partial charge is 0.507 e. The number of hydrogen-bond donors (Lipinski definition) is 2. The Balaban J connectivity index is 2.04. The van der Waals surface area contributed by atoms with Gasteiger partial charge in [0.1, 0.15) is 5.75 Å². The minimum Gasteiger partial charge on any atom is -0.507 e. The van der Waals surface area contributed by atoms with Crippen LogP contribution in [0.5, 0.6) is 5.75 Å². The second-order valence-corrected chi connectivity index (χ2v) is 4.45. The Kier molecular flexibility index (Phi) is 4.10. The number of aryl methyl sites for hydroxylation is 2. The van der Waals surface area contributed by atoms with Crippen molar-refractivity contribution in [3.05, 3.63) is 58.9 Å². The zero-order valence-corrected chi connectivity index (χ0v) is 11.3. The monoisotopic (exact) mass is 269 g/mol. The molecule has 5 heteroatoms. The van der Waals surface area contributed by atoms with Crippen molar-refractivity contribution in [2.75, 3.05) is 0 Å². The molecule has 0 atom stereocenters. The van der Waals surface area contributed by atoms with E-state index >= 15 is 0 Å². The number of pyridine rings is 1. The number of benzene rings is 1. The summed E-state index contributed by atoms with van der Waals surface area (Å²) in [6, 6.07) is 8.59. The molecule has 2 aromatic rings. The third kappa shape index (κ3) is 3.41. The number of hydrazone groups is 1. The second kappa shape index (κ2) is 5.97. The van der Waals surface area contributed by atoms with Crippen LogP contribution in [0.2, 0.25) is 0 Å². The van der Waals surface area contributed by atoms with Gasteiger partial charge in [0, 0.05) is 17.5 Å². The lowest BCUT2D eigenvalue weighted by Gasteiger charge is -2.01. The molecule has 0 unspecified atom stereocenters. The molecule has 0 fully saturated rings. The van der Waals surface area contributed by atoms with Gasteiger partial charge in [0.25, 0.3) is 5.91 Å². The maximum Gasteiger partial charge on any atom is 0.272 e. The van der Waals surface area contributed by atoms with Crippen molar-refractivity contribution in [3.63, 3.8) is 0 Å². The summed E-state index contributed by atoms with van der Waals surface area (Å²) in [7, 11) is 0. The number of aromatic hydroxyl groups is 1. The minimum absolute atomic E-state index is 0.116. The van der Waals surface area contributed by atoms with Gasteiger partial charge in [-0.2, -0.15) is 5.10 Å². The Morgan fingerprint density at radius 1 is 1.30 bits per heavy atom. The molecule has 0 aliphatic carbocycles. The van der Waals surface area contributed by atoms with Crippen molar-refractivity contribution in [1.29, 1.82) is 0 Å². The van der Waals surface area contributed by atoms with Gasteiger partial charge < -0.3 is 5.11 Å². The first-order valence-electron chi connectivity index (χ1n) is 6.12. The first kappa shape index (κ1) is 13.7. The molecule has 1 amide bonds. The van der Waals surface area contributed by atoms with E-state index in [0.29, 0.717) is 11.1 Å². The van der Waals surface area contributed by atoms with Crippen LogP contribution >= 0.6 is 0 Å². The van der Waals surface area contributed by atoms with Crippen LogP contribution in [-0.4, -0.2) is 22.2 Å². The first-order valence-corrected chi connectivity index (χ1v) is 6.12. The third-order valence-electron chi connectivity index (χ3n) is 2.73. The van der Waals surface area contributed by atoms with E-state index < -0.39 is 0 Å². The highest BCUT2D eigenvalue weighted by atomic mass is 16.3. The summed E-state index contributed by atoms with van der Waals surface area (Å²) in [5.41, 5.74) is 5.21. The standard InChI is InChI=1S/C15H15N3O2/c1-10-3-6-14(19)13(7-10)9-17-18-15(20)12-5-4-11(2)16-8-12/h3-9,19H,1-2H3,(H,18,20). The Labute approximate surface area is 117 Å². The topological polar surface area (TPSA) is 74.6 Å². The maximum atomic E-state index is 11.8. The van der Waals surface area contributed by atoms with Crippen LogP contribution in [0.15, 0.2) is 41.6 Å². The fraction of sp³-hybridized carbons (Fsp3) is 0.133. The lowest BCUT2D eigenvalue weighted by atomic mass is 10.1. The van der Waals surface area contributed by atoms with E-state index in [1.807, 2.05) is 13.8 Å². The van der Waals surface area contributed by atoms with Crippen LogP contribution in [0.25, 0.3) is 0 Å². The molecule has 1 aromatic heterocycles. The van der Waals surface area contributed by atoms with Crippen molar-refractivity contribution < 1.29 is 9.90 Å². The van der Waals surface area contributed by atoms with E-state index in [4.69, 9.17) is 0 Å². The lowest BCUT2D eigenvalue weighted by molar-refractivity contribution is 0.0954. The highest BCUT2D eigenvalue weighted by molar-refractivity contribution is 5.94. The van der Waals surface area contributed by atoms with E-state index in [1.165, 1.54) is 12.4 Å². The van der Waals surface area contributed by atoms with Gasteiger partial charge in [-0.25, -0.2) is 5.43 Å². The van der Waals surface area contributed by atoms with Gasteiger partial charge in [-0.3, -0.25) is 9.78 Å². The first-order chi connectivity index (χ1) is 9.56. The van der Waals surface area contributed by atoms with Crippen LogP contribution in [0, 0.1) is 13.8 Å². The van der Waals surface area contributed by atoms with Gasteiger partial charge in [-0.15, -0.1) is 0 Å². The van der Waals surface area contributed by atoms with Gasteiger partial charge in [0.2, 0.25) is 0 Å². The molecular formula is C15H15N3O2. The number of phenols is 1. The second-order valence-electron chi connectivity index (χ2n) is 4.45. The molecule has 0 bridgehead atoms. The van der Waals surface area contributed by atoms with Gasteiger partial charge in [0.05, 0.1) is 11.8 Å². The number of hydrogen-bond acceptors (Lipinski definition) is 4. The normalized spacial score (nSPS) is 10.7. The Morgan fingerprint density at radius 2 is 2.10 bits per heavy atom. The molecule has 1 aromatic carbocycles. The Morgan fingerprint density at radius 3 is 2.80 bits per heavy atom. The van der Waals surface area contributed by atoms with Crippen LogP contribution in [-0.2, 0) is 0 Å². The smallest absolute Gasteiger partial charge is 0.272 e. The average Bonchev–Trinajstić information content (AvgIpc) is 2.43. The molecule has 2 N–H and O–H groups in total. The molecule has 0 saturated heterocycles. The average molecular weight is 269 g/mol. The van der Waals surface area contributed by atoms with E-state index in [-0.39, 0.29) is 11.7 Å². The number of rotatable bonds is 3. The number of carbonyl (C=O) groups excluding carboxylic acids is 1. The van der Waals surface area contributed by atoms with Crippen molar-refractivity contribution >= 4 is 12.1 Å². The minimum atomic E-state index is -0.346. The molecule has 20 heavy (non-hydrogen) atoms. The Bertz CT molecular complexity index is 649. The van der Waals surface area contributed by atoms with Gasteiger partial charge in [-0.1, -0.05) is 11.6 Å². The van der Waals surface area contributed by atoms with Crippen molar-refractivity contribution in [2.45, 2.75) is 13.8 Å². The van der Waals surface area contributed by atoms with Gasteiger partial charge in [-0.05, 0) is 38.1 Å². The van der Waals surface area contributed by atoms with Crippen molar-refractivity contribution in [2.24, 2.45) is 5.10 Å². The molecule has 0 aliphatic rings. The summed E-state index contributed by atoms with van der Waals surface area (Å²) in [5, 5.41) is 13.5. The van der Waals surface area contributed by atoms with Gasteiger partial charge in [0.15, 0.2) is 0 Å². The Hall–Kier alpha value is -2.69. The predicted octanol–water partition coefficient (Wildman–Crippen LogP) is 2.17. The summed E-state index contributed by atoms with van der Waals surface area (Å²) in [6.07, 6.45) is 2.90. The number of phenolic OH excluding ortho intramolecular Hbond substituents is 1. The number of nitrogens with zero attached hydrogens (tertiary/aromatic N) is 2. The quantitative estimate of drug-likeness (QED) is 0.662. The summed E-state index contributed by atoms with van der Waals surface area (Å²) in [6.45, 7) is 3.76. The summed E-state index contributed by atoms with van der Waals surface area (Å²) < 4.78 is 0. The van der Waals surface area contributed by atoms with E-state index in [2.05, 4.69) is 15.5 Å². The zero-order chi connectivity index (χ0) is 14.5. The van der Waals surface area contributed by atoms with E-state index in [1.54, 1.807) is 30.3 Å². The fourth-order valence-electron chi connectivity index (χ4n) is 1.60. The number of carbonyl (C=O) groups is 1. The number of amides is 1. The number of aromatic nitrogens is 1. The van der Waals surface area contributed by atoms with E-state index in [0.717, 1.165) is 11.3 Å². The molecule has 0 radical (unpaired) electrons. The molecule has 2 rings (SSSR count). The summed E-state index contributed by atoms with van der Waals surface area (Å²) in [5.74, 6) is -0.230. The molecule has 0 spiro atoms. The summed E-state index contributed by atoms with van der Waals surface area (Å²) in [4.78, 5) is 15.8. The maximum absolute atomic E-state index is 11.8. The van der Waals surface area contributed by atoms with Gasteiger partial charge >= 0.3 is 0 Å². The van der Waals surface area contributed by atoms with Crippen LogP contribution in [0.3, 0.4) is 0 Å². The summed E-state index contributed by atoms with van der Waals surface area (Å²) >= 11 is 0. The molecule has 0 saturated carbocycles. The molecular weight excluding hydrogens is 254 g/mol. The van der Waals surface area contributed by atoms with Crippen molar-refractivity contribution in [3.8, 4) is 5.75 Å². The highest BCUT2D eigenvalue weighted by Crippen LogP contribution is 2.15. The predicted molar refractivity (Wildman–Crippen MR) is 76.9 cm³/mol. The lowest BCUT2D eigenvalue weighted by Crippen LogP contribution is -2.17. The van der Waals surface area contributed by atoms with Crippen molar-refractivity contribution in [1.82, 2.24) is 10.4 Å². The molecule has 0 aliphatic heterocycles. The number of nitrogens with one attached hydrogen (secondary N) is 1. The highest BCUT2D eigenvalue weighted by Gasteiger charge is 2.04. The van der Waals surface area contributed by atoms with Crippen LogP contribution in [0.1, 0.15) is 27.2 Å².